The molecule has 0 aromatic rings. The summed E-state index contributed by atoms with van der Waals surface area (Å²) in [4.78, 5) is 35.6. The fourth-order valence-corrected chi connectivity index (χ4v) is 5.98. The van der Waals surface area contributed by atoms with Crippen LogP contribution in [-0.2, 0) is 28.8 Å². The Kier molecular flexibility index (Phi) is 8.05. The maximum absolute atomic E-state index is 12.5. The summed E-state index contributed by atoms with van der Waals surface area (Å²) in [6.07, 6.45) is 2.00. The molecule has 0 spiro atoms. The number of nitrogens with two attached hydrogens (primary N) is 1. The van der Waals surface area contributed by atoms with Crippen LogP contribution >= 0.6 is 0 Å². The third-order valence-electron chi connectivity index (χ3n) is 6.53. The highest BCUT2D eigenvalue weighted by Crippen LogP contribution is 2.40. The Morgan fingerprint density at radius 2 is 1.03 bits per heavy atom. The van der Waals surface area contributed by atoms with E-state index in [1.165, 1.54) is 0 Å². The summed E-state index contributed by atoms with van der Waals surface area (Å²) in [5.74, 6) is 4.69. The van der Waals surface area contributed by atoms with E-state index in [0.717, 1.165) is 0 Å². The largest absolute Gasteiger partial charge is 0.462 e. The van der Waals surface area contributed by atoms with Gasteiger partial charge in [0.05, 0.1) is 20.0 Å². The minimum Gasteiger partial charge on any atom is -0.462 e. The molecule has 2 saturated heterocycles. The number of hydroxylamine groups is 4. The number of nitrogens with zero attached hydrogens (tertiary/aromatic N) is 2. The lowest BCUT2D eigenvalue weighted by atomic mass is 9.80. The smallest absolute Gasteiger partial charge is 0.306 e. The number of carbonyl (C=O) groups excluding carboxylic acids is 2. The first-order chi connectivity index (χ1) is 14.5. The summed E-state index contributed by atoms with van der Waals surface area (Å²) < 4.78 is 11.4. The van der Waals surface area contributed by atoms with Gasteiger partial charge in [0.25, 0.3) is 0 Å². The first-order valence-corrected chi connectivity index (χ1v) is 11.4. The van der Waals surface area contributed by atoms with Crippen LogP contribution in [0.4, 0.5) is 0 Å². The Labute approximate surface area is 192 Å². The van der Waals surface area contributed by atoms with Crippen LogP contribution in [0.2, 0.25) is 0 Å². The van der Waals surface area contributed by atoms with Crippen molar-refractivity contribution in [1.29, 1.82) is 0 Å². The van der Waals surface area contributed by atoms with Gasteiger partial charge in [-0.1, -0.05) is 0 Å². The SMILES string of the molecule is CON1C(C)(C)CC(OC(=O)CCC(=O)OC2CC(C)(C)N(ON)C(C)(C)C2)CC1(C)C. The Balaban J connectivity index is 1.85. The summed E-state index contributed by atoms with van der Waals surface area (Å²) in [6, 6.07) is 0. The highest BCUT2D eigenvalue weighted by atomic mass is 16.8. The molecule has 0 amide bonds. The molecule has 9 nitrogen and oxygen atoms in total. The van der Waals surface area contributed by atoms with Crippen molar-refractivity contribution in [2.24, 2.45) is 5.90 Å². The van der Waals surface area contributed by atoms with Crippen molar-refractivity contribution in [3.05, 3.63) is 0 Å². The summed E-state index contributed by atoms with van der Waals surface area (Å²) >= 11 is 0. The first kappa shape index (κ1) is 27.0. The topological polar surface area (TPSA) is 104 Å². The summed E-state index contributed by atoms with van der Waals surface area (Å²) in [5.41, 5.74) is -1.34. The zero-order valence-electron chi connectivity index (χ0n) is 21.3. The molecule has 0 aromatic heterocycles. The van der Waals surface area contributed by atoms with Crippen LogP contribution in [-0.4, -0.2) is 63.5 Å². The molecule has 0 aromatic carbocycles. The second-order valence-corrected chi connectivity index (χ2v) is 11.7. The summed E-state index contributed by atoms with van der Waals surface area (Å²) in [7, 11) is 1.66. The van der Waals surface area contributed by atoms with Crippen LogP contribution in [0, 0.1) is 0 Å². The second kappa shape index (κ2) is 9.54. The summed E-state index contributed by atoms with van der Waals surface area (Å²) in [5, 5.41) is 3.71. The van der Waals surface area contributed by atoms with Crippen molar-refractivity contribution in [2.45, 2.75) is 128 Å². The first-order valence-electron chi connectivity index (χ1n) is 11.4. The molecule has 2 rings (SSSR count). The van der Waals surface area contributed by atoms with Gasteiger partial charge in [-0.05, 0) is 55.4 Å². The number of ether oxygens (including phenoxy) is 2. The highest BCUT2D eigenvalue weighted by Gasteiger charge is 2.49. The fraction of sp³-hybridized carbons (Fsp3) is 0.913. The molecular weight excluding hydrogens is 414 g/mol. The Bertz CT molecular complexity index is 597. The molecule has 2 N–H and O–H groups in total. The van der Waals surface area contributed by atoms with Crippen molar-refractivity contribution in [3.8, 4) is 0 Å². The Morgan fingerprint density at radius 3 is 1.31 bits per heavy atom. The van der Waals surface area contributed by atoms with E-state index < -0.39 is 17.0 Å². The molecule has 2 heterocycles. The normalized spacial score (nSPS) is 25.9. The third-order valence-corrected chi connectivity index (χ3v) is 6.53. The molecule has 2 aliphatic rings. The average Bonchev–Trinajstić information content (AvgIpc) is 2.56. The van der Waals surface area contributed by atoms with Crippen LogP contribution in [0.15, 0.2) is 0 Å². The van der Waals surface area contributed by atoms with Gasteiger partial charge >= 0.3 is 11.9 Å². The van der Waals surface area contributed by atoms with E-state index in [0.29, 0.717) is 25.7 Å². The maximum Gasteiger partial charge on any atom is 0.306 e. The van der Waals surface area contributed by atoms with Gasteiger partial charge in [0, 0.05) is 47.8 Å². The fourth-order valence-electron chi connectivity index (χ4n) is 5.98. The highest BCUT2D eigenvalue weighted by molar-refractivity contribution is 5.77. The van der Waals surface area contributed by atoms with Crippen LogP contribution in [0.5, 0.6) is 0 Å². The van der Waals surface area contributed by atoms with Crippen molar-refractivity contribution in [3.63, 3.8) is 0 Å². The van der Waals surface area contributed by atoms with Crippen LogP contribution < -0.4 is 5.90 Å². The van der Waals surface area contributed by atoms with Crippen molar-refractivity contribution >= 4 is 11.9 Å². The molecular formula is C23H43N3O6. The molecule has 9 heteroatoms. The van der Waals surface area contributed by atoms with E-state index in [2.05, 4.69) is 27.7 Å². The van der Waals surface area contributed by atoms with E-state index in [4.69, 9.17) is 25.1 Å². The van der Waals surface area contributed by atoms with E-state index >= 15 is 0 Å². The molecule has 2 fully saturated rings. The molecule has 0 atom stereocenters. The predicted octanol–water partition coefficient (Wildman–Crippen LogP) is 3.26. The molecule has 186 valence electrons. The molecule has 2 aliphatic heterocycles. The number of rotatable bonds is 7. The van der Waals surface area contributed by atoms with E-state index in [1.54, 1.807) is 12.2 Å². The number of hydrogen-bond acceptors (Lipinski definition) is 9. The van der Waals surface area contributed by atoms with Gasteiger partial charge in [0.1, 0.15) is 12.2 Å². The zero-order valence-corrected chi connectivity index (χ0v) is 21.3. The number of carbonyl (C=O) groups is 2. The molecule has 0 aliphatic carbocycles. The number of hydrogen-bond donors (Lipinski definition) is 1. The second-order valence-electron chi connectivity index (χ2n) is 11.7. The standard InChI is InChI=1S/C23H43N3O6/c1-20(2)12-16(13-21(3,4)25(20)29-9)30-18(27)10-11-19(28)31-17-14-22(5,6)26(32-24)23(7,8)15-17/h16-17H,10-15,24H2,1-9H3. The summed E-state index contributed by atoms with van der Waals surface area (Å²) in [6.45, 7) is 16.3. The van der Waals surface area contributed by atoms with Gasteiger partial charge in [-0.2, -0.15) is 16.0 Å². The molecule has 0 bridgehead atoms. The Morgan fingerprint density at radius 1 is 0.719 bits per heavy atom. The van der Waals surface area contributed by atoms with Crippen LogP contribution in [0.3, 0.4) is 0 Å². The average molecular weight is 458 g/mol. The molecule has 0 unspecified atom stereocenters. The lowest BCUT2D eigenvalue weighted by Gasteiger charge is -2.52. The van der Waals surface area contributed by atoms with Gasteiger partial charge in [0.15, 0.2) is 0 Å². The quantitative estimate of drug-likeness (QED) is 0.455. The maximum atomic E-state index is 12.5. The van der Waals surface area contributed by atoms with E-state index in [-0.39, 0.29) is 42.1 Å². The minimum absolute atomic E-state index is 0.00171. The lowest BCUT2D eigenvalue weighted by molar-refractivity contribution is -0.296. The molecule has 0 radical (unpaired) electrons. The molecule has 32 heavy (non-hydrogen) atoms. The van der Waals surface area contributed by atoms with Crippen LogP contribution in [0.1, 0.15) is 93.9 Å². The van der Waals surface area contributed by atoms with Gasteiger partial charge in [-0.3, -0.25) is 9.59 Å². The predicted molar refractivity (Wildman–Crippen MR) is 120 cm³/mol. The van der Waals surface area contributed by atoms with Gasteiger partial charge in [0.2, 0.25) is 0 Å². The molecule has 0 saturated carbocycles. The van der Waals surface area contributed by atoms with Gasteiger partial charge in [-0.15, -0.1) is 0 Å². The monoisotopic (exact) mass is 457 g/mol. The number of esters is 2. The lowest BCUT2D eigenvalue weighted by Crippen LogP contribution is -2.62. The number of piperidine rings is 2. The van der Waals surface area contributed by atoms with Crippen LogP contribution in [0.25, 0.3) is 0 Å². The van der Waals surface area contributed by atoms with Gasteiger partial charge < -0.3 is 14.3 Å². The van der Waals surface area contributed by atoms with Gasteiger partial charge in [-0.25, -0.2) is 4.94 Å². The van der Waals surface area contributed by atoms with Crippen molar-refractivity contribution in [2.75, 3.05) is 7.11 Å². The van der Waals surface area contributed by atoms with E-state index in [1.807, 2.05) is 32.8 Å². The Hall–Kier alpha value is -1.26. The van der Waals surface area contributed by atoms with E-state index in [9.17, 15) is 9.59 Å². The van der Waals surface area contributed by atoms with Crippen molar-refractivity contribution < 1.29 is 28.8 Å². The van der Waals surface area contributed by atoms with Crippen molar-refractivity contribution in [1.82, 2.24) is 10.1 Å². The third kappa shape index (κ3) is 6.20. The zero-order chi connectivity index (χ0) is 24.5. The minimum atomic E-state index is -0.393.